The molecule has 1 aromatic rings. The zero-order chi connectivity index (χ0) is 6.97. The lowest BCUT2D eigenvalue weighted by Crippen LogP contribution is -2.10. The molecule has 1 aliphatic carbocycles. The van der Waals surface area contributed by atoms with Crippen molar-refractivity contribution in [3.8, 4) is 0 Å². The Hall–Kier alpha value is -0.630. The van der Waals surface area contributed by atoms with Crippen LogP contribution in [0.5, 0.6) is 0 Å². The van der Waals surface area contributed by atoms with Crippen molar-refractivity contribution in [2.24, 2.45) is 0 Å². The molecule has 0 atom stereocenters. The van der Waals surface area contributed by atoms with Gasteiger partial charge in [-0.15, -0.1) is 0 Å². The number of thiophene rings is 1. The summed E-state index contributed by atoms with van der Waals surface area (Å²) in [4.78, 5) is 10.9. The summed E-state index contributed by atoms with van der Waals surface area (Å²) in [6.07, 6.45) is 2.40. The Morgan fingerprint density at radius 3 is 2.90 bits per heavy atom. The van der Waals surface area contributed by atoms with Crippen LogP contribution in [0.2, 0.25) is 0 Å². The molecule has 0 fully saturated rings. The zero-order valence-corrected chi connectivity index (χ0v) is 6.41. The molecule has 0 unspecified atom stereocenters. The van der Waals surface area contributed by atoms with Gasteiger partial charge in [-0.25, -0.2) is 0 Å². The molecule has 52 valence electrons. The fraction of sp³-hybridized carbons (Fsp3) is 0.375. The van der Waals surface area contributed by atoms with E-state index in [4.69, 9.17) is 0 Å². The molecule has 1 aromatic heterocycles. The summed E-state index contributed by atoms with van der Waals surface area (Å²) >= 11 is 1.71. The Balaban J connectivity index is 2.39. The van der Waals surface area contributed by atoms with Gasteiger partial charge in [0.2, 0.25) is 0 Å². The Morgan fingerprint density at radius 2 is 2.00 bits per heavy atom. The van der Waals surface area contributed by atoms with Crippen molar-refractivity contribution in [1.82, 2.24) is 0 Å². The second kappa shape index (κ2) is 2.20. The SMILES string of the molecule is O=C1CCc2cscc2C1. The second-order valence-corrected chi connectivity index (χ2v) is 3.38. The lowest BCUT2D eigenvalue weighted by atomic mass is 9.95. The third kappa shape index (κ3) is 0.886. The van der Waals surface area contributed by atoms with Gasteiger partial charge in [0.15, 0.2) is 0 Å². The van der Waals surface area contributed by atoms with Crippen LogP contribution in [-0.2, 0) is 17.6 Å². The van der Waals surface area contributed by atoms with E-state index in [9.17, 15) is 4.79 Å². The molecule has 0 aromatic carbocycles. The predicted molar refractivity (Wildman–Crippen MR) is 41.4 cm³/mol. The van der Waals surface area contributed by atoms with Crippen molar-refractivity contribution < 1.29 is 4.79 Å². The monoisotopic (exact) mass is 152 g/mol. The van der Waals surface area contributed by atoms with Crippen LogP contribution in [0, 0.1) is 0 Å². The van der Waals surface area contributed by atoms with Gasteiger partial charge in [-0.1, -0.05) is 0 Å². The number of hydrogen-bond donors (Lipinski definition) is 0. The molecule has 1 aliphatic rings. The van der Waals surface area contributed by atoms with Crippen molar-refractivity contribution in [2.75, 3.05) is 0 Å². The van der Waals surface area contributed by atoms with Crippen LogP contribution < -0.4 is 0 Å². The first kappa shape index (κ1) is 6.10. The molecule has 0 saturated heterocycles. The van der Waals surface area contributed by atoms with Crippen molar-refractivity contribution in [1.29, 1.82) is 0 Å². The maximum Gasteiger partial charge on any atom is 0.137 e. The zero-order valence-electron chi connectivity index (χ0n) is 5.59. The van der Waals surface area contributed by atoms with Gasteiger partial charge in [-0.3, -0.25) is 4.79 Å². The number of rotatable bonds is 0. The van der Waals surface area contributed by atoms with Crippen molar-refractivity contribution in [3.63, 3.8) is 0 Å². The molecule has 2 heteroatoms. The number of carbonyl (C=O) groups excluding carboxylic acids is 1. The largest absolute Gasteiger partial charge is 0.299 e. The summed E-state index contributed by atoms with van der Waals surface area (Å²) in [5, 5.41) is 4.24. The molecular weight excluding hydrogens is 144 g/mol. The van der Waals surface area contributed by atoms with Gasteiger partial charge in [-0.2, -0.15) is 11.3 Å². The Kier molecular flexibility index (Phi) is 1.34. The van der Waals surface area contributed by atoms with E-state index in [1.165, 1.54) is 11.1 Å². The molecule has 1 heterocycles. The first-order chi connectivity index (χ1) is 4.86. The molecule has 0 aliphatic heterocycles. The normalized spacial score (nSPS) is 17.0. The first-order valence-corrected chi connectivity index (χ1v) is 4.36. The van der Waals surface area contributed by atoms with E-state index >= 15 is 0 Å². The molecule has 0 spiro atoms. The number of ketones is 1. The first-order valence-electron chi connectivity index (χ1n) is 3.42. The standard InChI is InChI=1S/C8H8OS/c9-8-2-1-6-4-10-5-7(6)3-8/h4-5H,1-3H2. The van der Waals surface area contributed by atoms with Gasteiger partial charge >= 0.3 is 0 Å². The summed E-state index contributed by atoms with van der Waals surface area (Å²) in [6.45, 7) is 0. The summed E-state index contributed by atoms with van der Waals surface area (Å²) in [7, 11) is 0. The fourth-order valence-corrected chi connectivity index (χ4v) is 2.20. The summed E-state index contributed by atoms with van der Waals surface area (Å²) in [6, 6.07) is 0. The molecule has 0 saturated carbocycles. The van der Waals surface area contributed by atoms with Crippen molar-refractivity contribution >= 4 is 17.1 Å². The second-order valence-electron chi connectivity index (χ2n) is 2.64. The number of carbonyl (C=O) groups is 1. The topological polar surface area (TPSA) is 17.1 Å². The highest BCUT2D eigenvalue weighted by Gasteiger charge is 2.14. The summed E-state index contributed by atoms with van der Waals surface area (Å²) < 4.78 is 0. The van der Waals surface area contributed by atoms with Crippen LogP contribution in [0.4, 0.5) is 0 Å². The van der Waals surface area contributed by atoms with Gasteiger partial charge in [0.25, 0.3) is 0 Å². The van der Waals surface area contributed by atoms with E-state index in [1.807, 2.05) is 0 Å². The quantitative estimate of drug-likeness (QED) is 0.554. The van der Waals surface area contributed by atoms with Crippen molar-refractivity contribution in [2.45, 2.75) is 19.3 Å². The van der Waals surface area contributed by atoms with Crippen molar-refractivity contribution in [3.05, 3.63) is 21.9 Å². The van der Waals surface area contributed by atoms with Crippen LogP contribution in [-0.4, -0.2) is 5.78 Å². The molecule has 1 nitrogen and oxygen atoms in total. The van der Waals surface area contributed by atoms with Gasteiger partial charge in [-0.05, 0) is 28.3 Å². The number of hydrogen-bond acceptors (Lipinski definition) is 2. The Labute approximate surface area is 63.7 Å². The van der Waals surface area contributed by atoms with E-state index in [0.717, 1.165) is 12.8 Å². The molecule has 0 N–H and O–H groups in total. The highest BCUT2D eigenvalue weighted by molar-refractivity contribution is 7.08. The average Bonchev–Trinajstić information content (AvgIpc) is 2.33. The fourth-order valence-electron chi connectivity index (χ4n) is 1.30. The molecule has 2 rings (SSSR count). The maximum absolute atomic E-state index is 10.9. The van der Waals surface area contributed by atoms with Crippen LogP contribution in [0.15, 0.2) is 10.8 Å². The Morgan fingerprint density at radius 1 is 1.20 bits per heavy atom. The number of fused-ring (bicyclic) bond motifs is 1. The van der Waals surface area contributed by atoms with E-state index in [0.29, 0.717) is 12.2 Å². The van der Waals surface area contributed by atoms with Crippen LogP contribution in [0.25, 0.3) is 0 Å². The highest BCUT2D eigenvalue weighted by Crippen LogP contribution is 2.22. The Bertz CT molecular complexity index is 262. The van der Waals surface area contributed by atoms with Gasteiger partial charge in [0.1, 0.15) is 5.78 Å². The average molecular weight is 152 g/mol. The third-order valence-electron chi connectivity index (χ3n) is 1.89. The smallest absolute Gasteiger partial charge is 0.137 e. The summed E-state index contributed by atoms with van der Waals surface area (Å²) in [5.74, 6) is 0.394. The van der Waals surface area contributed by atoms with Gasteiger partial charge in [0, 0.05) is 12.8 Å². The third-order valence-corrected chi connectivity index (χ3v) is 2.74. The minimum atomic E-state index is 0.394. The molecule has 0 radical (unpaired) electrons. The number of Topliss-reactive ketones (excluding diaryl/α,β-unsaturated/α-hetero) is 1. The molecule has 0 amide bonds. The van der Waals surface area contributed by atoms with Crippen LogP contribution >= 0.6 is 11.3 Å². The van der Waals surface area contributed by atoms with E-state index in [1.54, 1.807) is 11.3 Å². The van der Waals surface area contributed by atoms with E-state index in [2.05, 4.69) is 10.8 Å². The number of aryl methyl sites for hydroxylation is 1. The predicted octanol–water partition coefficient (Wildman–Crippen LogP) is 1.81. The van der Waals surface area contributed by atoms with E-state index < -0.39 is 0 Å². The minimum Gasteiger partial charge on any atom is -0.299 e. The van der Waals surface area contributed by atoms with E-state index in [-0.39, 0.29) is 0 Å². The molecule has 0 bridgehead atoms. The lowest BCUT2D eigenvalue weighted by molar-refractivity contribution is -0.118. The van der Waals surface area contributed by atoms with Gasteiger partial charge in [0.05, 0.1) is 0 Å². The van der Waals surface area contributed by atoms with Crippen LogP contribution in [0.1, 0.15) is 17.5 Å². The highest BCUT2D eigenvalue weighted by atomic mass is 32.1. The summed E-state index contributed by atoms with van der Waals surface area (Å²) in [5.41, 5.74) is 2.66. The van der Waals surface area contributed by atoms with Gasteiger partial charge < -0.3 is 0 Å². The lowest BCUT2D eigenvalue weighted by Gasteiger charge is -2.08. The van der Waals surface area contributed by atoms with Crippen LogP contribution in [0.3, 0.4) is 0 Å². The molecule has 10 heavy (non-hydrogen) atoms. The maximum atomic E-state index is 10.9. The minimum absolute atomic E-state index is 0.394. The molecular formula is C8H8OS.